The fourth-order valence-corrected chi connectivity index (χ4v) is 2.18. The van der Waals surface area contributed by atoms with Gasteiger partial charge in [0.05, 0.1) is 0 Å². The van der Waals surface area contributed by atoms with Crippen molar-refractivity contribution in [2.24, 2.45) is 5.73 Å². The quantitative estimate of drug-likeness (QED) is 0.848. The molecule has 0 bridgehead atoms. The highest BCUT2D eigenvalue weighted by Crippen LogP contribution is 2.23. The van der Waals surface area contributed by atoms with E-state index in [1.54, 1.807) is 0 Å². The Morgan fingerprint density at radius 3 is 1.94 bits per heavy atom. The zero-order valence-corrected chi connectivity index (χ0v) is 10.2. The molecule has 2 aromatic carbocycles. The number of hydrogen-bond acceptors (Lipinski definition) is 1. The van der Waals surface area contributed by atoms with E-state index in [4.69, 9.17) is 5.73 Å². The van der Waals surface area contributed by atoms with Crippen LogP contribution in [-0.2, 0) is 6.42 Å². The predicted octanol–water partition coefficient (Wildman–Crippen LogP) is 3.36. The fraction of sp³-hybridized carbons (Fsp3) is 0.250. The maximum atomic E-state index is 6.12. The summed E-state index contributed by atoms with van der Waals surface area (Å²) in [6.07, 6.45) is 1.00. The molecule has 0 aromatic heterocycles. The van der Waals surface area contributed by atoms with E-state index < -0.39 is 0 Å². The zero-order valence-electron chi connectivity index (χ0n) is 10.2. The largest absolute Gasteiger partial charge is 0.327 e. The van der Waals surface area contributed by atoms with Gasteiger partial charge < -0.3 is 5.73 Å². The summed E-state index contributed by atoms with van der Waals surface area (Å²) in [5.41, 5.74) is 8.79. The van der Waals surface area contributed by atoms with E-state index in [2.05, 4.69) is 55.5 Å². The minimum absolute atomic E-state index is 0.164. The first-order chi connectivity index (χ1) is 8.27. The van der Waals surface area contributed by atoms with Crippen molar-refractivity contribution in [2.75, 3.05) is 0 Å². The Kier molecular flexibility index (Phi) is 3.94. The van der Waals surface area contributed by atoms with Crippen molar-refractivity contribution in [1.82, 2.24) is 0 Å². The van der Waals surface area contributed by atoms with Gasteiger partial charge in [-0.2, -0.15) is 0 Å². The summed E-state index contributed by atoms with van der Waals surface area (Å²) >= 11 is 0. The molecule has 1 heteroatoms. The van der Waals surface area contributed by atoms with Gasteiger partial charge >= 0.3 is 0 Å². The van der Waals surface area contributed by atoms with E-state index in [9.17, 15) is 0 Å². The second kappa shape index (κ2) is 5.65. The number of rotatable bonds is 4. The highest BCUT2D eigenvalue weighted by Gasteiger charge is 2.16. The summed E-state index contributed by atoms with van der Waals surface area (Å²) in [7, 11) is 0. The first kappa shape index (κ1) is 11.9. The summed E-state index contributed by atoms with van der Waals surface area (Å²) in [6, 6.07) is 21.2. The lowest BCUT2D eigenvalue weighted by molar-refractivity contribution is 0.565. The lowest BCUT2D eigenvalue weighted by Crippen LogP contribution is -2.26. The maximum Gasteiger partial charge on any atom is 0.00825 e. The third kappa shape index (κ3) is 3.18. The van der Waals surface area contributed by atoms with Gasteiger partial charge in [0.15, 0.2) is 0 Å². The van der Waals surface area contributed by atoms with Gasteiger partial charge in [0.2, 0.25) is 0 Å². The molecule has 0 heterocycles. The van der Waals surface area contributed by atoms with Crippen molar-refractivity contribution >= 4 is 0 Å². The van der Waals surface area contributed by atoms with E-state index in [0.29, 0.717) is 5.92 Å². The normalized spacial score (nSPS) is 14.2. The summed E-state index contributed by atoms with van der Waals surface area (Å²) in [6.45, 7) is 2.08. The maximum absolute atomic E-state index is 6.12. The monoisotopic (exact) mass is 225 g/mol. The molecule has 2 N–H and O–H groups in total. The van der Waals surface area contributed by atoms with Crippen molar-refractivity contribution in [3.63, 3.8) is 0 Å². The molecule has 1 nitrogen and oxygen atoms in total. The molecular weight excluding hydrogens is 206 g/mol. The van der Waals surface area contributed by atoms with Crippen LogP contribution < -0.4 is 5.73 Å². The van der Waals surface area contributed by atoms with Crippen LogP contribution >= 0.6 is 0 Å². The van der Waals surface area contributed by atoms with Crippen LogP contribution in [-0.4, -0.2) is 6.04 Å². The van der Waals surface area contributed by atoms with Gasteiger partial charge in [-0.25, -0.2) is 0 Å². The third-order valence-electron chi connectivity index (χ3n) is 3.16. The molecule has 0 aliphatic carbocycles. The summed E-state index contributed by atoms with van der Waals surface area (Å²) < 4.78 is 0. The molecule has 17 heavy (non-hydrogen) atoms. The SMILES string of the molecule is CC(N)C(Cc1ccccc1)c1ccccc1. The Bertz CT molecular complexity index is 434. The van der Waals surface area contributed by atoms with Gasteiger partial charge in [-0.1, -0.05) is 60.7 Å². The average molecular weight is 225 g/mol. The Hall–Kier alpha value is -1.60. The molecule has 0 radical (unpaired) electrons. The first-order valence-electron chi connectivity index (χ1n) is 6.12. The Labute approximate surface area is 103 Å². The molecule has 88 valence electrons. The number of hydrogen-bond donors (Lipinski definition) is 1. The molecule has 0 amide bonds. The first-order valence-corrected chi connectivity index (χ1v) is 6.12. The Balaban J connectivity index is 2.20. The van der Waals surface area contributed by atoms with Gasteiger partial charge in [0, 0.05) is 12.0 Å². The molecular formula is C16H19N. The van der Waals surface area contributed by atoms with Gasteiger partial charge in [-0.05, 0) is 24.5 Å². The molecule has 0 saturated carbocycles. The molecule has 0 spiro atoms. The highest BCUT2D eigenvalue weighted by molar-refractivity contribution is 5.25. The molecule has 2 unspecified atom stereocenters. The van der Waals surface area contributed by atoms with E-state index in [1.165, 1.54) is 11.1 Å². The summed E-state index contributed by atoms with van der Waals surface area (Å²) in [5.74, 6) is 0.388. The third-order valence-corrected chi connectivity index (χ3v) is 3.16. The molecule has 0 fully saturated rings. The van der Waals surface area contributed by atoms with Crippen LogP contribution in [0.15, 0.2) is 60.7 Å². The van der Waals surface area contributed by atoms with E-state index in [0.717, 1.165) is 6.42 Å². The zero-order chi connectivity index (χ0) is 12.1. The van der Waals surface area contributed by atoms with Crippen LogP contribution in [0.1, 0.15) is 24.0 Å². The van der Waals surface area contributed by atoms with E-state index >= 15 is 0 Å². The van der Waals surface area contributed by atoms with Crippen molar-refractivity contribution in [1.29, 1.82) is 0 Å². The second-order valence-electron chi connectivity index (χ2n) is 4.57. The lowest BCUT2D eigenvalue weighted by Gasteiger charge is -2.21. The lowest BCUT2D eigenvalue weighted by atomic mass is 9.87. The van der Waals surface area contributed by atoms with Gasteiger partial charge in [-0.15, -0.1) is 0 Å². The summed E-state index contributed by atoms with van der Waals surface area (Å²) in [4.78, 5) is 0. The Morgan fingerprint density at radius 1 is 0.882 bits per heavy atom. The van der Waals surface area contributed by atoms with Crippen LogP contribution in [0.2, 0.25) is 0 Å². The minimum atomic E-state index is 0.164. The predicted molar refractivity (Wildman–Crippen MR) is 73.0 cm³/mol. The van der Waals surface area contributed by atoms with E-state index in [-0.39, 0.29) is 6.04 Å². The molecule has 0 saturated heterocycles. The van der Waals surface area contributed by atoms with Crippen LogP contribution in [0, 0.1) is 0 Å². The van der Waals surface area contributed by atoms with Crippen molar-refractivity contribution in [3.8, 4) is 0 Å². The van der Waals surface area contributed by atoms with Gasteiger partial charge in [0.1, 0.15) is 0 Å². The van der Waals surface area contributed by atoms with Crippen LogP contribution in [0.5, 0.6) is 0 Å². The van der Waals surface area contributed by atoms with Crippen molar-refractivity contribution < 1.29 is 0 Å². The fourth-order valence-electron chi connectivity index (χ4n) is 2.18. The smallest absolute Gasteiger partial charge is 0.00825 e. The summed E-state index contributed by atoms with van der Waals surface area (Å²) in [5, 5.41) is 0. The highest BCUT2D eigenvalue weighted by atomic mass is 14.6. The molecule has 0 aliphatic heterocycles. The average Bonchev–Trinajstić information content (AvgIpc) is 2.38. The standard InChI is InChI=1S/C16H19N/c1-13(17)16(15-10-6-3-7-11-15)12-14-8-4-2-5-9-14/h2-11,13,16H,12,17H2,1H3. The minimum Gasteiger partial charge on any atom is -0.327 e. The van der Waals surface area contributed by atoms with Gasteiger partial charge in [0.25, 0.3) is 0 Å². The van der Waals surface area contributed by atoms with Crippen LogP contribution in [0.3, 0.4) is 0 Å². The van der Waals surface area contributed by atoms with Crippen molar-refractivity contribution in [3.05, 3.63) is 71.8 Å². The van der Waals surface area contributed by atoms with E-state index in [1.807, 2.05) is 12.1 Å². The molecule has 2 aromatic rings. The number of nitrogens with two attached hydrogens (primary N) is 1. The van der Waals surface area contributed by atoms with Crippen LogP contribution in [0.4, 0.5) is 0 Å². The number of benzene rings is 2. The molecule has 0 aliphatic rings. The van der Waals surface area contributed by atoms with Crippen molar-refractivity contribution in [2.45, 2.75) is 25.3 Å². The van der Waals surface area contributed by atoms with Gasteiger partial charge in [-0.3, -0.25) is 0 Å². The van der Waals surface area contributed by atoms with Crippen LogP contribution in [0.25, 0.3) is 0 Å². The molecule has 2 atom stereocenters. The topological polar surface area (TPSA) is 26.0 Å². The second-order valence-corrected chi connectivity index (χ2v) is 4.57. The molecule has 2 rings (SSSR count). The Morgan fingerprint density at radius 2 is 1.41 bits per heavy atom.